The van der Waals surface area contributed by atoms with Crippen LogP contribution >= 0.6 is 0 Å². The minimum Gasteiger partial charge on any atom is -0.465 e. The largest absolute Gasteiger partial charge is 0.465 e. The molecule has 1 aliphatic rings. The van der Waals surface area contributed by atoms with Gasteiger partial charge in [-0.15, -0.1) is 0 Å². The predicted molar refractivity (Wildman–Crippen MR) is 54.0 cm³/mol. The van der Waals surface area contributed by atoms with E-state index in [0.717, 1.165) is 18.4 Å². The maximum atomic E-state index is 11.7. The van der Waals surface area contributed by atoms with Gasteiger partial charge in [-0.2, -0.15) is 0 Å². The summed E-state index contributed by atoms with van der Waals surface area (Å²) in [4.78, 5) is 11.7. The third kappa shape index (κ3) is 1.22. The van der Waals surface area contributed by atoms with E-state index in [9.17, 15) is 4.79 Å². The third-order valence-corrected chi connectivity index (χ3v) is 3.08. The lowest BCUT2D eigenvalue weighted by atomic mass is 9.77. The first-order valence-electron chi connectivity index (χ1n) is 5.02. The van der Waals surface area contributed by atoms with Gasteiger partial charge >= 0.3 is 5.97 Å². The van der Waals surface area contributed by atoms with Crippen molar-refractivity contribution in [3.63, 3.8) is 0 Å². The van der Waals surface area contributed by atoms with Crippen LogP contribution in [-0.2, 0) is 14.9 Å². The molecule has 1 aliphatic heterocycles. The lowest BCUT2D eigenvalue weighted by Crippen LogP contribution is -2.30. The minimum atomic E-state index is -0.374. The highest BCUT2D eigenvalue weighted by Crippen LogP contribution is 2.37. The summed E-state index contributed by atoms with van der Waals surface area (Å²) in [5.41, 5.74) is 0.714. The van der Waals surface area contributed by atoms with Gasteiger partial charge in [-0.1, -0.05) is 37.3 Å². The van der Waals surface area contributed by atoms with E-state index in [1.807, 2.05) is 37.3 Å². The first-order chi connectivity index (χ1) is 6.79. The molecule has 2 heteroatoms. The molecule has 1 heterocycles. The molecule has 1 aromatic rings. The highest BCUT2D eigenvalue weighted by molar-refractivity contribution is 5.84. The Bertz CT molecular complexity index is 331. The maximum Gasteiger partial charge on any atom is 0.316 e. The van der Waals surface area contributed by atoms with E-state index in [2.05, 4.69) is 0 Å². The van der Waals surface area contributed by atoms with E-state index in [0.29, 0.717) is 6.61 Å². The van der Waals surface area contributed by atoms with Crippen LogP contribution in [0.25, 0.3) is 0 Å². The Morgan fingerprint density at radius 1 is 1.36 bits per heavy atom. The van der Waals surface area contributed by atoms with E-state index >= 15 is 0 Å². The Balaban J connectivity index is 2.43. The molecule has 0 radical (unpaired) electrons. The van der Waals surface area contributed by atoms with E-state index in [1.54, 1.807) is 0 Å². The molecular formula is C12H14O2. The topological polar surface area (TPSA) is 26.3 Å². The SMILES string of the molecule is CC[C@]1(c2ccccc2)CCOC1=O. The van der Waals surface area contributed by atoms with Crippen LogP contribution in [0, 0.1) is 0 Å². The number of cyclic esters (lactones) is 1. The number of ether oxygens (including phenoxy) is 1. The highest BCUT2D eigenvalue weighted by atomic mass is 16.5. The lowest BCUT2D eigenvalue weighted by Gasteiger charge is -2.22. The first kappa shape index (κ1) is 9.25. The molecule has 0 N–H and O–H groups in total. The molecule has 1 aromatic carbocycles. The average molecular weight is 190 g/mol. The van der Waals surface area contributed by atoms with Gasteiger partial charge in [0.05, 0.1) is 12.0 Å². The van der Waals surface area contributed by atoms with Crippen LogP contribution in [0.2, 0.25) is 0 Å². The molecule has 74 valence electrons. The molecule has 0 saturated carbocycles. The molecule has 2 rings (SSSR count). The summed E-state index contributed by atoms with van der Waals surface area (Å²) in [6.45, 7) is 2.60. The number of rotatable bonds is 2. The Morgan fingerprint density at radius 3 is 2.57 bits per heavy atom. The van der Waals surface area contributed by atoms with Crippen molar-refractivity contribution in [1.29, 1.82) is 0 Å². The number of hydrogen-bond acceptors (Lipinski definition) is 2. The molecule has 0 aromatic heterocycles. The summed E-state index contributed by atoms with van der Waals surface area (Å²) in [6.07, 6.45) is 1.63. The van der Waals surface area contributed by atoms with E-state index in [1.165, 1.54) is 0 Å². The second-order valence-electron chi connectivity index (χ2n) is 3.69. The van der Waals surface area contributed by atoms with Crippen LogP contribution in [-0.4, -0.2) is 12.6 Å². The quantitative estimate of drug-likeness (QED) is 0.669. The summed E-state index contributed by atoms with van der Waals surface area (Å²) < 4.78 is 5.08. The zero-order chi connectivity index (χ0) is 10.0. The van der Waals surface area contributed by atoms with E-state index in [-0.39, 0.29) is 11.4 Å². The van der Waals surface area contributed by atoms with Crippen molar-refractivity contribution in [2.75, 3.05) is 6.61 Å². The molecule has 0 aliphatic carbocycles. The van der Waals surface area contributed by atoms with Gasteiger partial charge in [-0.25, -0.2) is 0 Å². The fourth-order valence-electron chi connectivity index (χ4n) is 2.10. The number of carbonyl (C=O) groups is 1. The van der Waals surface area contributed by atoms with E-state index in [4.69, 9.17) is 4.74 Å². The van der Waals surface area contributed by atoms with Crippen molar-refractivity contribution < 1.29 is 9.53 Å². The first-order valence-corrected chi connectivity index (χ1v) is 5.02. The van der Waals surface area contributed by atoms with Gasteiger partial charge in [0.15, 0.2) is 0 Å². The minimum absolute atomic E-state index is 0.0637. The Labute approximate surface area is 83.9 Å². The normalized spacial score (nSPS) is 26.2. The Kier molecular flexibility index (Phi) is 2.28. The van der Waals surface area contributed by atoms with Crippen molar-refractivity contribution in [1.82, 2.24) is 0 Å². The molecule has 0 bridgehead atoms. The van der Waals surface area contributed by atoms with Gasteiger partial charge in [-0.3, -0.25) is 4.79 Å². The van der Waals surface area contributed by atoms with Crippen LogP contribution in [0.4, 0.5) is 0 Å². The molecule has 0 unspecified atom stereocenters. The smallest absolute Gasteiger partial charge is 0.316 e. The molecule has 2 nitrogen and oxygen atoms in total. The van der Waals surface area contributed by atoms with Crippen LogP contribution in [0.1, 0.15) is 25.3 Å². The van der Waals surface area contributed by atoms with Crippen LogP contribution in [0.3, 0.4) is 0 Å². The second-order valence-corrected chi connectivity index (χ2v) is 3.69. The van der Waals surface area contributed by atoms with Gasteiger partial charge in [0, 0.05) is 6.42 Å². The molecule has 0 amide bonds. The second kappa shape index (κ2) is 3.45. The third-order valence-electron chi connectivity index (χ3n) is 3.08. The average Bonchev–Trinajstić information content (AvgIpc) is 2.62. The van der Waals surface area contributed by atoms with Crippen LogP contribution in [0.5, 0.6) is 0 Å². The van der Waals surface area contributed by atoms with Gasteiger partial charge in [-0.05, 0) is 12.0 Å². The van der Waals surface area contributed by atoms with Crippen molar-refractivity contribution in [2.45, 2.75) is 25.2 Å². The van der Waals surface area contributed by atoms with Crippen molar-refractivity contribution in [3.05, 3.63) is 35.9 Å². The summed E-state index contributed by atoms with van der Waals surface area (Å²) in [5, 5.41) is 0. The van der Waals surface area contributed by atoms with E-state index < -0.39 is 0 Å². The predicted octanol–water partition coefficient (Wildman–Crippen LogP) is 2.28. The monoisotopic (exact) mass is 190 g/mol. The lowest BCUT2D eigenvalue weighted by molar-refractivity contribution is -0.142. The molecule has 1 atom stereocenters. The fourth-order valence-corrected chi connectivity index (χ4v) is 2.10. The van der Waals surface area contributed by atoms with Crippen molar-refractivity contribution in [2.24, 2.45) is 0 Å². The van der Waals surface area contributed by atoms with Gasteiger partial charge in [0.25, 0.3) is 0 Å². The number of hydrogen-bond donors (Lipinski definition) is 0. The Morgan fingerprint density at radius 2 is 2.07 bits per heavy atom. The van der Waals surface area contributed by atoms with Gasteiger partial charge in [0.2, 0.25) is 0 Å². The molecular weight excluding hydrogens is 176 g/mol. The number of benzene rings is 1. The Hall–Kier alpha value is -1.31. The number of esters is 1. The molecule has 1 fully saturated rings. The zero-order valence-electron chi connectivity index (χ0n) is 8.32. The summed E-state index contributed by atoms with van der Waals surface area (Å²) >= 11 is 0. The molecule has 0 spiro atoms. The van der Waals surface area contributed by atoms with Crippen molar-refractivity contribution in [3.8, 4) is 0 Å². The standard InChI is InChI=1S/C12H14O2/c1-2-12(8-9-14-11(12)13)10-6-4-3-5-7-10/h3-7H,2,8-9H2,1H3/t12-/m1/s1. The van der Waals surface area contributed by atoms with Gasteiger partial charge < -0.3 is 4.74 Å². The van der Waals surface area contributed by atoms with Crippen LogP contribution in [0.15, 0.2) is 30.3 Å². The summed E-state index contributed by atoms with van der Waals surface area (Å²) in [5.74, 6) is -0.0637. The van der Waals surface area contributed by atoms with Crippen LogP contribution < -0.4 is 0 Å². The summed E-state index contributed by atoms with van der Waals surface area (Å²) in [6, 6.07) is 9.93. The zero-order valence-corrected chi connectivity index (χ0v) is 8.32. The molecule has 14 heavy (non-hydrogen) atoms. The maximum absolute atomic E-state index is 11.7. The summed E-state index contributed by atoms with van der Waals surface area (Å²) in [7, 11) is 0. The van der Waals surface area contributed by atoms with Gasteiger partial charge in [0.1, 0.15) is 0 Å². The fraction of sp³-hybridized carbons (Fsp3) is 0.417. The highest BCUT2D eigenvalue weighted by Gasteiger charge is 2.44. The number of carbonyl (C=O) groups excluding carboxylic acids is 1. The van der Waals surface area contributed by atoms with Crippen molar-refractivity contribution >= 4 is 5.97 Å². The molecule has 1 saturated heterocycles.